The molecular formula is C19H15Cl2NO3S. The maximum absolute atomic E-state index is 12.0. The number of carbonyl (C=O) groups is 1. The van der Waals surface area contributed by atoms with Crippen molar-refractivity contribution in [1.29, 1.82) is 0 Å². The number of carbonyl (C=O) groups excluding carboxylic acids is 1. The fourth-order valence-electron chi connectivity index (χ4n) is 2.26. The monoisotopic (exact) mass is 407 g/mol. The molecule has 3 rings (SSSR count). The van der Waals surface area contributed by atoms with Crippen molar-refractivity contribution in [3.63, 3.8) is 0 Å². The molecule has 0 fully saturated rings. The van der Waals surface area contributed by atoms with Crippen LogP contribution in [0.5, 0.6) is 5.75 Å². The Labute approximate surface area is 165 Å². The van der Waals surface area contributed by atoms with Crippen LogP contribution in [0.25, 0.3) is 10.6 Å². The van der Waals surface area contributed by atoms with Crippen LogP contribution >= 0.6 is 34.5 Å². The molecule has 0 radical (unpaired) electrons. The molecule has 3 aromatic rings. The third-order valence-electron chi connectivity index (χ3n) is 3.60. The minimum atomic E-state index is -0.345. The number of methoxy groups -OCH3 is 1. The second-order valence-corrected chi connectivity index (χ2v) is 7.13. The minimum absolute atomic E-state index is 0.131. The Hall–Kier alpha value is -2.08. The Morgan fingerprint density at radius 3 is 2.58 bits per heavy atom. The van der Waals surface area contributed by atoms with Crippen molar-refractivity contribution < 1.29 is 14.3 Å². The Bertz CT molecular complexity index is 909. The van der Waals surface area contributed by atoms with Crippen molar-refractivity contribution in [3.8, 4) is 16.3 Å². The van der Waals surface area contributed by atoms with Crippen LogP contribution in [0.15, 0.2) is 47.8 Å². The molecule has 0 bridgehead atoms. The van der Waals surface area contributed by atoms with E-state index >= 15 is 0 Å². The summed E-state index contributed by atoms with van der Waals surface area (Å²) in [7, 11) is 1.63. The second kappa shape index (κ2) is 8.54. The van der Waals surface area contributed by atoms with E-state index in [-0.39, 0.29) is 19.0 Å². The van der Waals surface area contributed by atoms with Crippen LogP contribution in [0.1, 0.15) is 11.3 Å². The highest BCUT2D eigenvalue weighted by molar-refractivity contribution is 7.13. The van der Waals surface area contributed by atoms with Crippen LogP contribution in [0, 0.1) is 0 Å². The summed E-state index contributed by atoms with van der Waals surface area (Å²) in [5.41, 5.74) is 2.45. The van der Waals surface area contributed by atoms with Crippen LogP contribution in [-0.2, 0) is 22.6 Å². The van der Waals surface area contributed by atoms with Gasteiger partial charge in [0, 0.05) is 10.9 Å². The highest BCUT2D eigenvalue weighted by atomic mass is 35.5. The van der Waals surface area contributed by atoms with E-state index in [9.17, 15) is 4.79 Å². The molecule has 0 saturated heterocycles. The topological polar surface area (TPSA) is 48.4 Å². The van der Waals surface area contributed by atoms with E-state index in [2.05, 4.69) is 4.98 Å². The van der Waals surface area contributed by atoms with Gasteiger partial charge in [-0.3, -0.25) is 4.79 Å². The van der Waals surface area contributed by atoms with Crippen LogP contribution in [0.2, 0.25) is 10.0 Å². The first-order chi connectivity index (χ1) is 12.5. The summed E-state index contributed by atoms with van der Waals surface area (Å²) < 4.78 is 10.4. The molecule has 0 spiro atoms. The van der Waals surface area contributed by atoms with E-state index < -0.39 is 0 Å². The van der Waals surface area contributed by atoms with Crippen LogP contribution < -0.4 is 4.74 Å². The van der Waals surface area contributed by atoms with E-state index in [4.69, 9.17) is 32.7 Å². The van der Waals surface area contributed by atoms with Crippen LogP contribution in [0.3, 0.4) is 0 Å². The lowest BCUT2D eigenvalue weighted by Crippen LogP contribution is -2.08. The molecule has 0 N–H and O–H groups in total. The number of hydrogen-bond acceptors (Lipinski definition) is 5. The van der Waals surface area contributed by atoms with Gasteiger partial charge in [0.25, 0.3) is 0 Å². The van der Waals surface area contributed by atoms with Crippen LogP contribution in [0.4, 0.5) is 0 Å². The molecule has 134 valence electrons. The number of ether oxygens (including phenoxy) is 2. The van der Waals surface area contributed by atoms with Gasteiger partial charge in [0.1, 0.15) is 17.4 Å². The van der Waals surface area contributed by atoms with Gasteiger partial charge < -0.3 is 9.47 Å². The van der Waals surface area contributed by atoms with Gasteiger partial charge in [-0.1, -0.05) is 29.3 Å². The fourth-order valence-corrected chi connectivity index (χ4v) is 3.39. The SMILES string of the molecule is COc1ccc(-c2nc(COC(=O)Cc3ccc(Cl)c(Cl)c3)cs2)cc1. The van der Waals surface area contributed by atoms with Crippen molar-refractivity contribution in [3.05, 3.63) is 69.1 Å². The minimum Gasteiger partial charge on any atom is -0.497 e. The molecule has 26 heavy (non-hydrogen) atoms. The predicted molar refractivity (Wildman–Crippen MR) is 104 cm³/mol. The van der Waals surface area contributed by atoms with Gasteiger partial charge in [-0.2, -0.15) is 0 Å². The summed E-state index contributed by atoms with van der Waals surface area (Å²) in [6.07, 6.45) is 0.131. The lowest BCUT2D eigenvalue weighted by molar-refractivity contribution is -0.144. The zero-order valence-electron chi connectivity index (χ0n) is 13.9. The molecule has 1 aromatic heterocycles. The highest BCUT2D eigenvalue weighted by Crippen LogP contribution is 2.26. The second-order valence-electron chi connectivity index (χ2n) is 5.46. The van der Waals surface area contributed by atoms with Crippen molar-refractivity contribution >= 4 is 40.5 Å². The molecule has 2 aromatic carbocycles. The number of esters is 1. The standard InChI is InChI=1S/C19H15Cl2NO3S/c1-24-15-5-3-13(4-6-15)19-22-14(11-26-19)10-25-18(23)9-12-2-7-16(20)17(21)8-12/h2-8,11H,9-10H2,1H3. The Morgan fingerprint density at radius 2 is 1.88 bits per heavy atom. The van der Waals surface area contributed by atoms with Crippen LogP contribution in [-0.4, -0.2) is 18.1 Å². The van der Waals surface area contributed by atoms with Gasteiger partial charge in [-0.25, -0.2) is 4.98 Å². The third kappa shape index (κ3) is 4.75. The normalized spacial score (nSPS) is 10.6. The molecule has 7 heteroatoms. The summed E-state index contributed by atoms with van der Waals surface area (Å²) in [5.74, 6) is 0.448. The Morgan fingerprint density at radius 1 is 1.12 bits per heavy atom. The average molecular weight is 408 g/mol. The zero-order chi connectivity index (χ0) is 18.5. The number of halogens is 2. The predicted octanol–water partition coefficient (Wildman–Crippen LogP) is 5.41. The number of benzene rings is 2. The highest BCUT2D eigenvalue weighted by Gasteiger charge is 2.10. The summed E-state index contributed by atoms with van der Waals surface area (Å²) in [4.78, 5) is 16.5. The molecule has 0 atom stereocenters. The van der Waals surface area contributed by atoms with Gasteiger partial charge in [0.2, 0.25) is 0 Å². The average Bonchev–Trinajstić information content (AvgIpc) is 3.12. The first-order valence-corrected chi connectivity index (χ1v) is 9.37. The smallest absolute Gasteiger partial charge is 0.310 e. The molecule has 0 aliphatic heterocycles. The summed E-state index contributed by atoms with van der Waals surface area (Å²) >= 11 is 13.3. The Balaban J connectivity index is 1.56. The third-order valence-corrected chi connectivity index (χ3v) is 5.28. The molecular weight excluding hydrogens is 393 g/mol. The molecule has 0 amide bonds. The van der Waals surface area contributed by atoms with Crippen molar-refractivity contribution in [2.45, 2.75) is 13.0 Å². The molecule has 0 aliphatic rings. The first kappa shape index (κ1) is 18.7. The zero-order valence-corrected chi connectivity index (χ0v) is 16.2. The van der Waals surface area contributed by atoms with Gasteiger partial charge in [-0.05, 0) is 42.0 Å². The number of hydrogen-bond donors (Lipinski definition) is 0. The van der Waals surface area contributed by atoms with Crippen molar-refractivity contribution in [2.75, 3.05) is 7.11 Å². The first-order valence-electron chi connectivity index (χ1n) is 7.73. The largest absolute Gasteiger partial charge is 0.497 e. The summed E-state index contributed by atoms with van der Waals surface area (Å²) in [6, 6.07) is 12.7. The van der Waals surface area contributed by atoms with Gasteiger partial charge >= 0.3 is 5.97 Å². The lowest BCUT2D eigenvalue weighted by Gasteiger charge is -2.04. The quantitative estimate of drug-likeness (QED) is 0.512. The Kier molecular flexibility index (Phi) is 6.14. The van der Waals surface area contributed by atoms with Gasteiger partial charge in [0.15, 0.2) is 0 Å². The van der Waals surface area contributed by atoms with E-state index in [1.807, 2.05) is 29.6 Å². The van der Waals surface area contributed by atoms with E-state index in [0.29, 0.717) is 15.7 Å². The van der Waals surface area contributed by atoms with E-state index in [0.717, 1.165) is 21.9 Å². The van der Waals surface area contributed by atoms with E-state index in [1.54, 1.807) is 25.3 Å². The molecule has 0 saturated carbocycles. The number of aromatic nitrogens is 1. The van der Waals surface area contributed by atoms with Crippen molar-refractivity contribution in [1.82, 2.24) is 4.98 Å². The lowest BCUT2D eigenvalue weighted by atomic mass is 10.1. The van der Waals surface area contributed by atoms with E-state index in [1.165, 1.54) is 11.3 Å². The molecule has 0 unspecified atom stereocenters. The number of thiazole rings is 1. The number of nitrogens with zero attached hydrogens (tertiary/aromatic N) is 1. The molecule has 0 aliphatic carbocycles. The maximum atomic E-state index is 12.0. The summed E-state index contributed by atoms with van der Waals surface area (Å²) in [5, 5.41) is 3.62. The van der Waals surface area contributed by atoms with Gasteiger partial charge in [-0.15, -0.1) is 11.3 Å². The number of rotatable bonds is 6. The maximum Gasteiger partial charge on any atom is 0.310 e. The molecule has 4 nitrogen and oxygen atoms in total. The van der Waals surface area contributed by atoms with Crippen molar-refractivity contribution in [2.24, 2.45) is 0 Å². The summed E-state index contributed by atoms with van der Waals surface area (Å²) in [6.45, 7) is 0.132. The molecule has 1 heterocycles. The van der Waals surface area contributed by atoms with Gasteiger partial charge in [0.05, 0.1) is 29.3 Å². The fraction of sp³-hybridized carbons (Fsp3) is 0.158.